The summed E-state index contributed by atoms with van der Waals surface area (Å²) < 4.78 is 0. The average Bonchev–Trinajstić information content (AvgIpc) is 2.40. The molecule has 0 bridgehead atoms. The van der Waals surface area contributed by atoms with Crippen LogP contribution in [0.25, 0.3) is 10.8 Å². The van der Waals surface area contributed by atoms with Crippen molar-refractivity contribution in [2.45, 2.75) is 13.8 Å². The van der Waals surface area contributed by atoms with E-state index in [1.807, 2.05) is 18.2 Å². The Balaban J connectivity index is 2.79. The maximum absolute atomic E-state index is 10.8. The standard InChI is InChI=1S/C14H16N2O2/c1-3-16(4-2)12-9-13(17)14(15-18)11-8-6-5-7-10(11)12/h5-9,17H,3-4H2,1-2H3. The first-order chi connectivity index (χ1) is 8.72. The van der Waals surface area contributed by atoms with Gasteiger partial charge in [0.05, 0.1) is 0 Å². The summed E-state index contributed by atoms with van der Waals surface area (Å²) in [6.07, 6.45) is 0. The van der Waals surface area contributed by atoms with Crippen LogP contribution in [0.1, 0.15) is 13.8 Å². The molecular weight excluding hydrogens is 228 g/mol. The Morgan fingerprint density at radius 1 is 1.17 bits per heavy atom. The number of anilines is 1. The summed E-state index contributed by atoms with van der Waals surface area (Å²) in [7, 11) is 0. The Kier molecular flexibility index (Phi) is 3.46. The van der Waals surface area contributed by atoms with E-state index in [0.717, 1.165) is 24.2 Å². The van der Waals surface area contributed by atoms with E-state index in [-0.39, 0.29) is 11.4 Å². The Hall–Kier alpha value is -2.10. The molecule has 0 radical (unpaired) electrons. The molecule has 18 heavy (non-hydrogen) atoms. The number of fused-ring (bicyclic) bond motifs is 1. The van der Waals surface area contributed by atoms with E-state index in [1.54, 1.807) is 12.1 Å². The predicted molar refractivity (Wildman–Crippen MR) is 74.6 cm³/mol. The van der Waals surface area contributed by atoms with Crippen LogP contribution in [0.5, 0.6) is 5.75 Å². The van der Waals surface area contributed by atoms with Crippen LogP contribution < -0.4 is 4.90 Å². The fourth-order valence-corrected chi connectivity index (χ4v) is 2.25. The lowest BCUT2D eigenvalue weighted by molar-refractivity contribution is 0.477. The lowest BCUT2D eigenvalue weighted by Gasteiger charge is -2.23. The monoisotopic (exact) mass is 244 g/mol. The predicted octanol–water partition coefficient (Wildman–Crippen LogP) is 3.79. The normalized spacial score (nSPS) is 10.6. The van der Waals surface area contributed by atoms with Crippen molar-refractivity contribution in [2.75, 3.05) is 18.0 Å². The van der Waals surface area contributed by atoms with Gasteiger partial charge < -0.3 is 10.0 Å². The molecule has 0 heterocycles. The Morgan fingerprint density at radius 3 is 2.33 bits per heavy atom. The smallest absolute Gasteiger partial charge is 0.157 e. The second kappa shape index (κ2) is 5.04. The largest absolute Gasteiger partial charge is 0.505 e. The molecule has 0 aromatic heterocycles. The average molecular weight is 244 g/mol. The van der Waals surface area contributed by atoms with Crippen molar-refractivity contribution in [3.05, 3.63) is 35.2 Å². The summed E-state index contributed by atoms with van der Waals surface area (Å²) in [4.78, 5) is 13.0. The van der Waals surface area contributed by atoms with Crippen LogP contribution in [-0.2, 0) is 0 Å². The molecule has 0 unspecified atom stereocenters. The molecule has 1 N–H and O–H groups in total. The van der Waals surface area contributed by atoms with Gasteiger partial charge in [0.15, 0.2) is 5.69 Å². The van der Waals surface area contributed by atoms with Crippen LogP contribution in [0.15, 0.2) is 35.5 Å². The van der Waals surface area contributed by atoms with Gasteiger partial charge >= 0.3 is 0 Å². The minimum Gasteiger partial charge on any atom is -0.505 e. The Labute approximate surface area is 106 Å². The van der Waals surface area contributed by atoms with Gasteiger partial charge in [-0.25, -0.2) is 0 Å². The number of nitroso groups, excluding NO2 is 1. The minimum absolute atomic E-state index is 0.0643. The fourth-order valence-electron chi connectivity index (χ4n) is 2.25. The summed E-state index contributed by atoms with van der Waals surface area (Å²) in [5.41, 5.74) is 1.04. The second-order valence-electron chi connectivity index (χ2n) is 4.07. The van der Waals surface area contributed by atoms with Gasteiger partial charge in [-0.2, -0.15) is 0 Å². The number of benzene rings is 2. The molecule has 2 rings (SSSR count). The molecular formula is C14H16N2O2. The number of nitrogens with zero attached hydrogens (tertiary/aromatic N) is 2. The molecule has 0 spiro atoms. The highest BCUT2D eigenvalue weighted by molar-refractivity contribution is 6.03. The number of aromatic hydroxyl groups is 1. The number of hydrogen-bond donors (Lipinski definition) is 1. The van der Waals surface area contributed by atoms with Gasteiger partial charge in [-0.15, -0.1) is 4.91 Å². The van der Waals surface area contributed by atoms with Gasteiger partial charge in [0.1, 0.15) is 5.75 Å². The molecule has 0 aliphatic heterocycles. The molecule has 0 aliphatic rings. The summed E-state index contributed by atoms with van der Waals surface area (Å²) in [5.74, 6) is -0.0643. The molecule has 0 aliphatic carbocycles. The zero-order valence-corrected chi connectivity index (χ0v) is 10.6. The number of phenolic OH excluding ortho intramolecular Hbond substituents is 1. The fraction of sp³-hybridized carbons (Fsp3) is 0.286. The summed E-state index contributed by atoms with van der Waals surface area (Å²) in [5, 5.41) is 14.5. The molecule has 2 aromatic carbocycles. The molecule has 0 saturated heterocycles. The second-order valence-corrected chi connectivity index (χ2v) is 4.07. The van der Waals surface area contributed by atoms with Gasteiger partial charge in [-0.05, 0) is 19.0 Å². The number of rotatable bonds is 4. The van der Waals surface area contributed by atoms with Crippen molar-refractivity contribution in [1.29, 1.82) is 0 Å². The Bertz CT molecular complexity index is 577. The maximum atomic E-state index is 10.8. The molecule has 0 amide bonds. The van der Waals surface area contributed by atoms with Gasteiger partial charge in [-0.3, -0.25) is 0 Å². The highest BCUT2D eigenvalue weighted by Gasteiger charge is 2.14. The lowest BCUT2D eigenvalue weighted by atomic mass is 10.1. The van der Waals surface area contributed by atoms with Crippen LogP contribution in [0.3, 0.4) is 0 Å². The molecule has 0 atom stereocenters. The van der Waals surface area contributed by atoms with Gasteiger partial charge in [-0.1, -0.05) is 24.3 Å². The van der Waals surface area contributed by atoms with Crippen molar-refractivity contribution < 1.29 is 5.11 Å². The molecule has 0 saturated carbocycles. The van der Waals surface area contributed by atoms with Gasteiger partial charge in [0, 0.05) is 35.6 Å². The molecule has 0 fully saturated rings. The van der Waals surface area contributed by atoms with E-state index in [2.05, 4.69) is 23.9 Å². The van der Waals surface area contributed by atoms with E-state index in [0.29, 0.717) is 5.39 Å². The first kappa shape index (κ1) is 12.4. The number of phenols is 1. The SMILES string of the molecule is CCN(CC)c1cc(O)c(N=O)c2ccccc12. The van der Waals surface area contributed by atoms with E-state index < -0.39 is 0 Å². The first-order valence-corrected chi connectivity index (χ1v) is 6.05. The first-order valence-electron chi connectivity index (χ1n) is 6.05. The van der Waals surface area contributed by atoms with E-state index in [4.69, 9.17) is 0 Å². The lowest BCUT2D eigenvalue weighted by Crippen LogP contribution is -2.21. The van der Waals surface area contributed by atoms with Gasteiger partial charge in [0.25, 0.3) is 0 Å². The number of hydrogen-bond acceptors (Lipinski definition) is 4. The third kappa shape index (κ3) is 1.90. The van der Waals surface area contributed by atoms with E-state index >= 15 is 0 Å². The van der Waals surface area contributed by atoms with Crippen molar-refractivity contribution in [3.8, 4) is 5.75 Å². The van der Waals surface area contributed by atoms with Crippen molar-refractivity contribution in [3.63, 3.8) is 0 Å². The zero-order chi connectivity index (χ0) is 13.1. The third-order valence-corrected chi connectivity index (χ3v) is 3.17. The maximum Gasteiger partial charge on any atom is 0.157 e. The summed E-state index contributed by atoms with van der Waals surface area (Å²) in [6.45, 7) is 5.80. The van der Waals surface area contributed by atoms with Crippen LogP contribution >= 0.6 is 0 Å². The van der Waals surface area contributed by atoms with Crippen LogP contribution in [0.4, 0.5) is 11.4 Å². The molecule has 4 nitrogen and oxygen atoms in total. The zero-order valence-electron chi connectivity index (χ0n) is 10.6. The Morgan fingerprint density at radius 2 is 1.78 bits per heavy atom. The quantitative estimate of drug-likeness (QED) is 0.832. The highest BCUT2D eigenvalue weighted by Crippen LogP contribution is 2.40. The van der Waals surface area contributed by atoms with E-state index in [9.17, 15) is 10.0 Å². The summed E-state index contributed by atoms with van der Waals surface area (Å²) in [6, 6.07) is 9.12. The minimum atomic E-state index is -0.0643. The van der Waals surface area contributed by atoms with Crippen molar-refractivity contribution in [1.82, 2.24) is 0 Å². The van der Waals surface area contributed by atoms with Gasteiger partial charge in [0.2, 0.25) is 0 Å². The summed E-state index contributed by atoms with van der Waals surface area (Å²) >= 11 is 0. The van der Waals surface area contributed by atoms with Crippen molar-refractivity contribution in [2.24, 2.45) is 5.18 Å². The van der Waals surface area contributed by atoms with Crippen LogP contribution in [0.2, 0.25) is 0 Å². The molecule has 2 aromatic rings. The van der Waals surface area contributed by atoms with Crippen molar-refractivity contribution >= 4 is 22.1 Å². The van der Waals surface area contributed by atoms with Crippen LogP contribution in [0, 0.1) is 4.91 Å². The molecule has 4 heteroatoms. The van der Waals surface area contributed by atoms with E-state index in [1.165, 1.54) is 0 Å². The molecule has 94 valence electrons. The highest BCUT2D eigenvalue weighted by atomic mass is 16.3. The van der Waals surface area contributed by atoms with Crippen LogP contribution in [-0.4, -0.2) is 18.2 Å². The third-order valence-electron chi connectivity index (χ3n) is 3.17. The topological polar surface area (TPSA) is 52.9 Å².